The number of hydrogen-bond donors (Lipinski definition) is 0. The van der Waals surface area contributed by atoms with Gasteiger partial charge in [0.25, 0.3) is 0 Å². The van der Waals surface area contributed by atoms with E-state index in [1.54, 1.807) is 10.6 Å². The molecule has 0 radical (unpaired) electrons. The van der Waals surface area contributed by atoms with Crippen molar-refractivity contribution < 1.29 is 9.47 Å². The maximum Gasteiger partial charge on any atom is 0.220 e. The van der Waals surface area contributed by atoms with Gasteiger partial charge < -0.3 is 9.47 Å². The van der Waals surface area contributed by atoms with Crippen LogP contribution in [0.3, 0.4) is 0 Å². The fraction of sp³-hybridized carbons (Fsp3) is 0.812. The lowest BCUT2D eigenvalue weighted by molar-refractivity contribution is 0.304. The van der Waals surface area contributed by atoms with Crippen LogP contribution in [-0.2, 0) is 0 Å². The molecule has 1 aliphatic heterocycles. The van der Waals surface area contributed by atoms with Gasteiger partial charge in [0.15, 0.2) is 0 Å². The molecular weight excluding hydrogens is 860 g/mol. The predicted octanol–water partition coefficient (Wildman–Crippen LogP) is 20.4. The average Bonchev–Trinajstić information content (AvgIpc) is 3.61. The fourth-order valence-corrected chi connectivity index (χ4v) is 16.5. The van der Waals surface area contributed by atoms with Gasteiger partial charge in [0.05, 0.1) is 13.2 Å². The molecule has 0 amide bonds. The Hall–Kier alpha value is -1.61. The van der Waals surface area contributed by atoms with Crippen molar-refractivity contribution in [1.82, 2.24) is 9.34 Å². The number of nitrogens with zero attached hydrogens (tertiary/aromatic N) is 2. The van der Waals surface area contributed by atoms with E-state index in [0.29, 0.717) is 0 Å². The predicted molar refractivity (Wildman–Crippen MR) is 311 cm³/mol. The highest BCUT2D eigenvalue weighted by atomic mass is 31.2. The van der Waals surface area contributed by atoms with Crippen LogP contribution in [0.2, 0.25) is 0 Å². The van der Waals surface area contributed by atoms with Crippen molar-refractivity contribution in [3.05, 3.63) is 35.4 Å². The standard InChI is InChI=1S/C64H116N2O2P/c1-9-15-21-25-29-33-37-41-47-65(48-42-38-34-30-26-22-16-10-2)69(66(49-43-39-35-31-27-23-17-11-3)50-44-40-36-32-28-24-18-12-4)63-53-57(7)61(67-51-45-19-13-5)55-59(63)60-56-62(58(8)54-64(60)69)68-52-46-20-14-6/h53-56H,9-52H2,1-8H3/q+1. The molecule has 1 aliphatic rings. The van der Waals surface area contributed by atoms with Crippen LogP contribution in [0.4, 0.5) is 0 Å². The van der Waals surface area contributed by atoms with Gasteiger partial charge in [-0.25, -0.2) is 0 Å². The van der Waals surface area contributed by atoms with Gasteiger partial charge in [-0.05, 0) is 87.8 Å². The topological polar surface area (TPSA) is 24.9 Å². The lowest BCUT2D eigenvalue weighted by Gasteiger charge is -2.42. The second-order valence-electron chi connectivity index (χ2n) is 21.8. The molecule has 0 fully saturated rings. The van der Waals surface area contributed by atoms with Crippen molar-refractivity contribution >= 4 is 18.2 Å². The zero-order valence-electron chi connectivity index (χ0n) is 47.6. The zero-order chi connectivity index (χ0) is 49.6. The Labute approximate surface area is 431 Å². The molecule has 3 rings (SSSR count). The van der Waals surface area contributed by atoms with Gasteiger partial charge in [-0.15, -0.1) is 0 Å². The van der Waals surface area contributed by atoms with E-state index in [1.165, 1.54) is 280 Å². The summed E-state index contributed by atoms with van der Waals surface area (Å²) >= 11 is 0. The summed E-state index contributed by atoms with van der Waals surface area (Å²) in [6.45, 7) is 25.1. The van der Waals surface area contributed by atoms with E-state index in [4.69, 9.17) is 9.47 Å². The second-order valence-corrected chi connectivity index (χ2v) is 25.1. The molecule has 4 nitrogen and oxygen atoms in total. The van der Waals surface area contributed by atoms with Gasteiger partial charge in [-0.2, -0.15) is 9.34 Å². The second kappa shape index (κ2) is 39.9. The van der Waals surface area contributed by atoms with E-state index in [9.17, 15) is 0 Å². The number of fused-ring (bicyclic) bond motifs is 3. The van der Waals surface area contributed by atoms with Crippen LogP contribution in [0.15, 0.2) is 24.3 Å². The Bertz CT molecular complexity index is 1390. The molecule has 0 saturated carbocycles. The van der Waals surface area contributed by atoms with Crippen LogP contribution in [0.5, 0.6) is 11.5 Å². The molecule has 2 aromatic carbocycles. The minimum absolute atomic E-state index is 0.798. The highest BCUT2D eigenvalue weighted by Crippen LogP contribution is 2.69. The molecule has 0 spiro atoms. The molecule has 0 N–H and O–H groups in total. The summed E-state index contributed by atoms with van der Waals surface area (Å²) in [5.41, 5.74) is 5.55. The zero-order valence-corrected chi connectivity index (χ0v) is 48.5. The summed E-state index contributed by atoms with van der Waals surface area (Å²) in [5.74, 6) is 2.19. The maximum atomic E-state index is 6.78. The smallest absolute Gasteiger partial charge is 0.220 e. The summed E-state index contributed by atoms with van der Waals surface area (Å²) in [6.07, 6.45) is 50.9. The summed E-state index contributed by atoms with van der Waals surface area (Å²) in [6, 6.07) is 10.4. The third-order valence-corrected chi connectivity index (χ3v) is 20.0. The minimum atomic E-state index is -2.24. The average molecular weight is 977 g/mol. The van der Waals surface area contributed by atoms with E-state index in [0.717, 1.165) is 37.6 Å². The molecule has 0 aromatic heterocycles. The molecule has 1 heterocycles. The van der Waals surface area contributed by atoms with Gasteiger partial charge >= 0.3 is 0 Å². The van der Waals surface area contributed by atoms with Crippen molar-refractivity contribution in [2.75, 3.05) is 39.4 Å². The number of unbranched alkanes of at least 4 members (excludes halogenated alkanes) is 32. The molecule has 69 heavy (non-hydrogen) atoms. The summed E-state index contributed by atoms with van der Waals surface area (Å²) < 4.78 is 19.9. The van der Waals surface area contributed by atoms with Crippen molar-refractivity contribution in [3.8, 4) is 22.6 Å². The van der Waals surface area contributed by atoms with Crippen LogP contribution in [-0.4, -0.2) is 48.7 Å². The lowest BCUT2D eigenvalue weighted by Crippen LogP contribution is -2.47. The third kappa shape index (κ3) is 22.6. The van der Waals surface area contributed by atoms with E-state index < -0.39 is 7.56 Å². The first-order chi connectivity index (χ1) is 33.9. The molecule has 0 atom stereocenters. The largest absolute Gasteiger partial charge is 0.493 e. The highest BCUT2D eigenvalue weighted by Gasteiger charge is 2.61. The van der Waals surface area contributed by atoms with Crippen LogP contribution in [0, 0.1) is 13.8 Å². The van der Waals surface area contributed by atoms with E-state index >= 15 is 0 Å². The van der Waals surface area contributed by atoms with Gasteiger partial charge in [0.2, 0.25) is 7.56 Å². The van der Waals surface area contributed by atoms with Crippen molar-refractivity contribution in [3.63, 3.8) is 0 Å². The summed E-state index contributed by atoms with van der Waals surface area (Å²) in [5, 5.41) is 3.27. The molecule has 0 bridgehead atoms. The lowest BCUT2D eigenvalue weighted by atomic mass is 10.0. The fourth-order valence-electron chi connectivity index (χ4n) is 11.1. The molecule has 398 valence electrons. The highest BCUT2D eigenvalue weighted by molar-refractivity contribution is 7.86. The first kappa shape index (κ1) is 61.7. The molecule has 0 unspecified atom stereocenters. The van der Waals surface area contributed by atoms with Crippen molar-refractivity contribution in [2.24, 2.45) is 0 Å². The van der Waals surface area contributed by atoms with Gasteiger partial charge in [0, 0.05) is 37.3 Å². The number of rotatable bonds is 48. The quantitative estimate of drug-likeness (QED) is 0.0487. The van der Waals surface area contributed by atoms with E-state index in [-0.39, 0.29) is 0 Å². The molecule has 5 heteroatoms. The maximum absolute atomic E-state index is 6.78. The first-order valence-corrected chi connectivity index (χ1v) is 32.6. The van der Waals surface area contributed by atoms with Crippen LogP contribution >= 0.6 is 7.56 Å². The Morgan fingerprint density at radius 1 is 0.304 bits per heavy atom. The first-order valence-electron chi connectivity index (χ1n) is 30.9. The number of hydrogen-bond acceptors (Lipinski definition) is 4. The number of aryl methyl sites for hydroxylation is 2. The van der Waals surface area contributed by atoms with Crippen LogP contribution in [0.1, 0.15) is 297 Å². The molecular formula is C64H116N2O2P+. The third-order valence-electron chi connectivity index (χ3n) is 15.5. The van der Waals surface area contributed by atoms with Gasteiger partial charge in [-0.3, -0.25) is 0 Å². The minimum Gasteiger partial charge on any atom is -0.493 e. The Balaban J connectivity index is 2.23. The molecule has 0 saturated heterocycles. The summed E-state index contributed by atoms with van der Waals surface area (Å²) in [4.78, 5) is 0. The Morgan fingerprint density at radius 3 is 0.797 bits per heavy atom. The normalized spacial score (nSPS) is 13.0. The van der Waals surface area contributed by atoms with E-state index in [1.807, 2.05) is 0 Å². The number of benzene rings is 2. The van der Waals surface area contributed by atoms with Crippen LogP contribution in [0.25, 0.3) is 11.1 Å². The van der Waals surface area contributed by atoms with Crippen molar-refractivity contribution in [1.29, 1.82) is 0 Å². The van der Waals surface area contributed by atoms with E-state index in [2.05, 4.69) is 89.0 Å². The summed E-state index contributed by atoms with van der Waals surface area (Å²) in [7, 11) is -2.24. The Morgan fingerprint density at radius 2 is 0.536 bits per heavy atom. The van der Waals surface area contributed by atoms with Gasteiger partial charge in [-0.1, -0.05) is 247 Å². The number of ether oxygens (including phenoxy) is 2. The molecule has 2 aromatic rings. The molecule has 0 aliphatic carbocycles. The van der Waals surface area contributed by atoms with Crippen molar-refractivity contribution in [2.45, 2.75) is 299 Å². The van der Waals surface area contributed by atoms with Crippen LogP contribution < -0.4 is 20.1 Å². The SMILES string of the molecule is CCCCCCCCCCN(CCCCCCCCCC)[P+]1(N(CCCCCCCCCC)CCCCCCCCCC)c2cc(C)c(OCCCCC)cc2-c2cc(OCCCCC)c(C)cc21. The monoisotopic (exact) mass is 976 g/mol. The Kier molecular flexibility index (Phi) is 35.6. The van der Waals surface area contributed by atoms with Gasteiger partial charge in [0.1, 0.15) is 22.1 Å².